The Hall–Kier alpha value is -2.02. The summed E-state index contributed by atoms with van der Waals surface area (Å²) in [4.78, 5) is 20.2. The lowest BCUT2D eigenvalue weighted by Crippen LogP contribution is -2.22. The van der Waals surface area contributed by atoms with Crippen LogP contribution in [0.4, 0.5) is 17.5 Å². The highest BCUT2D eigenvalue weighted by atomic mass is 32.1. The van der Waals surface area contributed by atoms with E-state index in [4.69, 9.17) is 5.73 Å². The van der Waals surface area contributed by atoms with E-state index < -0.39 is 0 Å². The minimum absolute atomic E-state index is 0.146. The van der Waals surface area contributed by atoms with E-state index in [2.05, 4.69) is 26.7 Å². The summed E-state index contributed by atoms with van der Waals surface area (Å²) in [6.45, 7) is 1.30. The molecule has 0 bridgehead atoms. The molecule has 0 saturated carbocycles. The predicted molar refractivity (Wildman–Crippen MR) is 68.3 cm³/mol. The van der Waals surface area contributed by atoms with Crippen molar-refractivity contribution in [1.82, 2.24) is 9.97 Å². The molecule has 1 aliphatic rings. The van der Waals surface area contributed by atoms with Gasteiger partial charge in [-0.25, -0.2) is 0 Å². The summed E-state index contributed by atoms with van der Waals surface area (Å²) in [5, 5.41) is 7.13. The summed E-state index contributed by atoms with van der Waals surface area (Å²) in [5.41, 5.74) is 7.02. The number of aromatic nitrogens is 2. The van der Waals surface area contributed by atoms with Crippen LogP contribution >= 0.6 is 11.3 Å². The monoisotopic (exact) mass is 249 g/mol. The number of anilines is 3. The first-order valence-electron chi connectivity index (χ1n) is 5.14. The van der Waals surface area contributed by atoms with Gasteiger partial charge in [-0.05, 0) is 22.4 Å². The minimum atomic E-state index is -0.222. The fraction of sp³-hybridized carbons (Fsp3) is 0.200. The van der Waals surface area contributed by atoms with Crippen LogP contribution in [0.2, 0.25) is 0 Å². The van der Waals surface area contributed by atoms with E-state index in [-0.39, 0.29) is 11.5 Å². The maximum absolute atomic E-state index is 11.6. The van der Waals surface area contributed by atoms with Gasteiger partial charge in [0.25, 0.3) is 5.56 Å². The second-order valence-electron chi connectivity index (χ2n) is 3.81. The standard InChI is InChI=1S/C10H11N5OS/c11-10-13-8-7(9(16)14-10)12-5-15(8)3-6-1-2-17-4-6/h1-2,4,12H,3,5H2,(H3,11,13,14,16). The number of nitrogens with zero attached hydrogens (tertiary/aromatic N) is 2. The van der Waals surface area contributed by atoms with Gasteiger partial charge >= 0.3 is 0 Å². The van der Waals surface area contributed by atoms with Crippen LogP contribution in [-0.4, -0.2) is 16.6 Å². The highest BCUT2D eigenvalue weighted by Crippen LogP contribution is 2.27. The first kappa shape index (κ1) is 10.2. The normalized spacial score (nSPS) is 13.5. The number of nitrogens with two attached hydrogens (primary N) is 1. The average Bonchev–Trinajstić information content (AvgIpc) is 2.89. The lowest BCUT2D eigenvalue weighted by Gasteiger charge is -2.15. The van der Waals surface area contributed by atoms with Crippen LogP contribution in [0.5, 0.6) is 0 Å². The van der Waals surface area contributed by atoms with Crippen molar-refractivity contribution in [3.05, 3.63) is 32.7 Å². The summed E-state index contributed by atoms with van der Waals surface area (Å²) in [6, 6.07) is 2.05. The number of hydrogen-bond acceptors (Lipinski definition) is 6. The van der Waals surface area contributed by atoms with Crippen LogP contribution in [0.1, 0.15) is 5.56 Å². The van der Waals surface area contributed by atoms with Gasteiger partial charge in [0.15, 0.2) is 5.82 Å². The Bertz CT molecular complexity index is 591. The molecule has 0 atom stereocenters. The molecule has 0 saturated heterocycles. The highest BCUT2D eigenvalue weighted by molar-refractivity contribution is 7.07. The summed E-state index contributed by atoms with van der Waals surface area (Å²) in [7, 11) is 0. The third kappa shape index (κ3) is 1.74. The van der Waals surface area contributed by atoms with Crippen molar-refractivity contribution >= 4 is 28.8 Å². The number of hydrogen-bond donors (Lipinski definition) is 3. The Balaban J connectivity index is 1.96. The summed E-state index contributed by atoms with van der Waals surface area (Å²) in [5.74, 6) is 0.769. The van der Waals surface area contributed by atoms with Crippen LogP contribution in [0, 0.1) is 0 Å². The summed E-state index contributed by atoms with van der Waals surface area (Å²) in [6.07, 6.45) is 0. The fourth-order valence-electron chi connectivity index (χ4n) is 1.85. The third-order valence-electron chi connectivity index (χ3n) is 2.62. The maximum atomic E-state index is 11.6. The first-order chi connectivity index (χ1) is 8.24. The molecular weight excluding hydrogens is 238 g/mol. The third-order valence-corrected chi connectivity index (χ3v) is 3.35. The molecule has 2 aromatic rings. The van der Waals surface area contributed by atoms with Crippen molar-refractivity contribution in [2.75, 3.05) is 22.6 Å². The van der Waals surface area contributed by atoms with E-state index in [9.17, 15) is 4.79 Å². The van der Waals surface area contributed by atoms with Gasteiger partial charge in [-0.1, -0.05) is 0 Å². The smallest absolute Gasteiger partial charge is 0.277 e. The van der Waals surface area contributed by atoms with E-state index in [1.54, 1.807) is 11.3 Å². The number of fused-ring (bicyclic) bond motifs is 1. The number of rotatable bonds is 2. The zero-order valence-electron chi connectivity index (χ0n) is 8.93. The highest BCUT2D eigenvalue weighted by Gasteiger charge is 2.23. The predicted octanol–water partition coefficient (Wildman–Crippen LogP) is 0.803. The molecule has 0 spiro atoms. The molecule has 0 amide bonds. The quantitative estimate of drug-likeness (QED) is 0.733. The molecule has 7 heteroatoms. The average molecular weight is 249 g/mol. The topological polar surface area (TPSA) is 87.0 Å². The van der Waals surface area contributed by atoms with Gasteiger partial charge in [-0.15, -0.1) is 0 Å². The molecule has 2 aromatic heterocycles. The first-order valence-corrected chi connectivity index (χ1v) is 6.08. The molecule has 6 nitrogen and oxygen atoms in total. The van der Waals surface area contributed by atoms with Crippen LogP contribution < -0.4 is 21.5 Å². The van der Waals surface area contributed by atoms with Crippen molar-refractivity contribution in [2.24, 2.45) is 0 Å². The van der Waals surface area contributed by atoms with Crippen molar-refractivity contribution in [1.29, 1.82) is 0 Å². The molecule has 0 fully saturated rings. The van der Waals surface area contributed by atoms with Gasteiger partial charge in [0.05, 0.1) is 6.67 Å². The molecule has 3 heterocycles. The Morgan fingerprint density at radius 2 is 2.47 bits per heavy atom. The molecule has 1 aliphatic heterocycles. The van der Waals surface area contributed by atoms with Crippen LogP contribution in [0.3, 0.4) is 0 Å². The molecule has 0 aromatic carbocycles. The number of thiophene rings is 1. The SMILES string of the molecule is Nc1nc2c(c(=O)[nH]1)NCN2Cc1ccsc1. The molecule has 3 rings (SSSR count). The van der Waals surface area contributed by atoms with Gasteiger partial charge in [-0.2, -0.15) is 16.3 Å². The van der Waals surface area contributed by atoms with Crippen LogP contribution in [0.15, 0.2) is 21.6 Å². The van der Waals surface area contributed by atoms with Crippen molar-refractivity contribution in [3.63, 3.8) is 0 Å². The molecule has 0 radical (unpaired) electrons. The van der Waals surface area contributed by atoms with E-state index in [0.29, 0.717) is 18.2 Å². The fourth-order valence-corrected chi connectivity index (χ4v) is 2.51. The van der Waals surface area contributed by atoms with E-state index in [0.717, 1.165) is 6.54 Å². The zero-order valence-corrected chi connectivity index (χ0v) is 9.75. The minimum Gasteiger partial charge on any atom is -0.369 e. The lowest BCUT2D eigenvalue weighted by atomic mass is 10.3. The largest absolute Gasteiger partial charge is 0.369 e. The van der Waals surface area contributed by atoms with Crippen LogP contribution in [0.25, 0.3) is 0 Å². The number of nitrogens with one attached hydrogen (secondary N) is 2. The van der Waals surface area contributed by atoms with E-state index in [1.807, 2.05) is 10.3 Å². The zero-order chi connectivity index (χ0) is 11.8. The second-order valence-corrected chi connectivity index (χ2v) is 4.59. The van der Waals surface area contributed by atoms with Crippen molar-refractivity contribution < 1.29 is 0 Å². The van der Waals surface area contributed by atoms with Crippen molar-refractivity contribution in [3.8, 4) is 0 Å². The van der Waals surface area contributed by atoms with E-state index >= 15 is 0 Å². The van der Waals surface area contributed by atoms with E-state index in [1.165, 1.54) is 5.56 Å². The number of H-pyrrole nitrogens is 1. The van der Waals surface area contributed by atoms with Gasteiger partial charge < -0.3 is 16.0 Å². The molecule has 0 aliphatic carbocycles. The maximum Gasteiger partial charge on any atom is 0.277 e. The summed E-state index contributed by atoms with van der Waals surface area (Å²) >= 11 is 1.65. The Labute approximate surface area is 101 Å². The molecule has 17 heavy (non-hydrogen) atoms. The lowest BCUT2D eigenvalue weighted by molar-refractivity contribution is 0.858. The van der Waals surface area contributed by atoms with Gasteiger partial charge in [0.2, 0.25) is 5.95 Å². The van der Waals surface area contributed by atoms with Crippen molar-refractivity contribution in [2.45, 2.75) is 6.54 Å². The number of nitrogen functional groups attached to an aromatic ring is 1. The van der Waals surface area contributed by atoms with Gasteiger partial charge in [0, 0.05) is 6.54 Å². The molecule has 0 unspecified atom stereocenters. The number of aromatic amines is 1. The second kappa shape index (κ2) is 3.77. The van der Waals surface area contributed by atoms with Gasteiger partial charge in [-0.3, -0.25) is 9.78 Å². The van der Waals surface area contributed by atoms with Crippen LogP contribution in [-0.2, 0) is 6.54 Å². The molecular formula is C10H11N5OS. The molecule has 4 N–H and O–H groups in total. The Kier molecular flexibility index (Phi) is 2.25. The summed E-state index contributed by atoms with van der Waals surface area (Å²) < 4.78 is 0. The van der Waals surface area contributed by atoms with Gasteiger partial charge in [0.1, 0.15) is 5.69 Å². The molecule has 88 valence electrons. The Morgan fingerprint density at radius 3 is 3.24 bits per heavy atom. The Morgan fingerprint density at radius 1 is 1.59 bits per heavy atom.